The molecule has 0 fully saturated rings. The van der Waals surface area contributed by atoms with Crippen molar-refractivity contribution in [1.82, 2.24) is 9.80 Å². The minimum Gasteiger partial charge on any atom is -0.349 e. The van der Waals surface area contributed by atoms with Gasteiger partial charge in [-0.2, -0.15) is 0 Å². The minimum absolute atomic E-state index is 0.00520. The lowest BCUT2D eigenvalue weighted by molar-refractivity contribution is 0.0950. The molecular formula is C31H34N2O2. The number of allylic oxidation sites excluding steroid dienone is 2. The van der Waals surface area contributed by atoms with Crippen LogP contribution in [0, 0.1) is 0 Å². The van der Waals surface area contributed by atoms with Crippen LogP contribution in [-0.2, 0) is 6.42 Å². The third-order valence-corrected chi connectivity index (χ3v) is 7.31. The first-order valence-corrected chi connectivity index (χ1v) is 13.1. The van der Waals surface area contributed by atoms with Crippen LogP contribution < -0.4 is 0 Å². The molecule has 0 aromatic heterocycles. The second-order valence-corrected chi connectivity index (χ2v) is 9.77. The molecule has 0 saturated heterocycles. The highest BCUT2D eigenvalue weighted by molar-refractivity contribution is 6.26. The summed E-state index contributed by atoms with van der Waals surface area (Å²) < 4.78 is 0. The Morgan fingerprint density at radius 3 is 1.97 bits per heavy atom. The summed E-state index contributed by atoms with van der Waals surface area (Å²) in [7, 11) is 0. The van der Waals surface area contributed by atoms with Gasteiger partial charge in [-0.25, -0.2) is 0 Å². The molecule has 0 N–H and O–H groups in total. The van der Waals surface area contributed by atoms with E-state index in [9.17, 15) is 9.59 Å². The maximum atomic E-state index is 13.6. The fourth-order valence-corrected chi connectivity index (χ4v) is 5.39. The van der Waals surface area contributed by atoms with E-state index in [-0.39, 0.29) is 11.6 Å². The molecule has 3 aromatic rings. The topological polar surface area (TPSA) is 40.6 Å². The van der Waals surface area contributed by atoms with E-state index in [4.69, 9.17) is 0 Å². The molecule has 35 heavy (non-hydrogen) atoms. The maximum absolute atomic E-state index is 13.6. The molecule has 2 aliphatic rings. The van der Waals surface area contributed by atoms with E-state index in [1.165, 1.54) is 42.0 Å². The molecule has 1 aliphatic heterocycles. The number of unbranched alkanes of at least 4 members (excludes halogenated alkanes) is 5. The van der Waals surface area contributed by atoms with Gasteiger partial charge in [-0.1, -0.05) is 106 Å². The number of ketones is 2. The highest BCUT2D eigenvalue weighted by Crippen LogP contribution is 2.35. The minimum atomic E-state index is -0.0147. The fourth-order valence-electron chi connectivity index (χ4n) is 5.39. The van der Waals surface area contributed by atoms with E-state index in [1.54, 1.807) is 12.1 Å². The molecule has 5 rings (SSSR count). The van der Waals surface area contributed by atoms with Gasteiger partial charge < -0.3 is 9.80 Å². The lowest BCUT2D eigenvalue weighted by Gasteiger charge is -2.23. The van der Waals surface area contributed by atoms with Crippen LogP contribution in [0.2, 0.25) is 0 Å². The van der Waals surface area contributed by atoms with Gasteiger partial charge in [-0.3, -0.25) is 9.59 Å². The maximum Gasteiger partial charge on any atom is 0.212 e. The molecule has 0 radical (unpaired) electrons. The van der Waals surface area contributed by atoms with Gasteiger partial charge in [0.25, 0.3) is 0 Å². The van der Waals surface area contributed by atoms with Crippen LogP contribution >= 0.6 is 0 Å². The smallest absolute Gasteiger partial charge is 0.212 e. The van der Waals surface area contributed by atoms with E-state index in [2.05, 4.69) is 59.2 Å². The molecule has 0 spiro atoms. The van der Waals surface area contributed by atoms with E-state index in [0.29, 0.717) is 35.7 Å². The second-order valence-electron chi connectivity index (χ2n) is 9.77. The Hall–Kier alpha value is -3.40. The van der Waals surface area contributed by atoms with Gasteiger partial charge in [0.05, 0.1) is 6.67 Å². The Kier molecular flexibility index (Phi) is 6.98. The van der Waals surface area contributed by atoms with Gasteiger partial charge in [0.15, 0.2) is 0 Å². The van der Waals surface area contributed by atoms with Gasteiger partial charge in [0, 0.05) is 24.2 Å². The van der Waals surface area contributed by atoms with Gasteiger partial charge >= 0.3 is 0 Å². The third-order valence-electron chi connectivity index (χ3n) is 7.31. The molecule has 4 nitrogen and oxygen atoms in total. The number of hydrogen-bond donors (Lipinski definition) is 0. The summed E-state index contributed by atoms with van der Waals surface area (Å²) in [6.45, 7) is 4.37. The van der Waals surface area contributed by atoms with Crippen molar-refractivity contribution in [3.8, 4) is 0 Å². The molecule has 180 valence electrons. The number of rotatable bonds is 10. The van der Waals surface area contributed by atoms with Crippen molar-refractivity contribution in [3.63, 3.8) is 0 Å². The predicted octanol–water partition coefficient (Wildman–Crippen LogP) is 6.61. The molecule has 4 heteroatoms. The zero-order valence-corrected chi connectivity index (χ0v) is 20.6. The van der Waals surface area contributed by atoms with Crippen LogP contribution in [0.5, 0.6) is 0 Å². The highest BCUT2D eigenvalue weighted by atomic mass is 16.1. The Bertz CT molecular complexity index is 1280. The van der Waals surface area contributed by atoms with Crippen molar-refractivity contribution in [3.05, 3.63) is 94.8 Å². The van der Waals surface area contributed by atoms with Crippen LogP contribution in [-0.4, -0.2) is 41.1 Å². The summed E-state index contributed by atoms with van der Waals surface area (Å²) in [5.41, 5.74) is 3.53. The molecule has 1 heterocycles. The predicted molar refractivity (Wildman–Crippen MR) is 141 cm³/mol. The quantitative estimate of drug-likeness (QED) is 0.315. The number of nitrogens with zero attached hydrogens (tertiary/aromatic N) is 2. The Balaban J connectivity index is 1.35. The number of carbonyl (C=O) groups excluding carboxylic acids is 2. The monoisotopic (exact) mass is 466 g/mol. The first-order chi connectivity index (χ1) is 17.2. The average molecular weight is 467 g/mol. The average Bonchev–Trinajstić information content (AvgIpc) is 3.26. The van der Waals surface area contributed by atoms with Crippen molar-refractivity contribution < 1.29 is 9.59 Å². The first-order valence-electron chi connectivity index (χ1n) is 13.1. The summed E-state index contributed by atoms with van der Waals surface area (Å²) in [5.74, 6) is -0.0199. The molecule has 1 aliphatic carbocycles. The number of Topliss-reactive ketones (excluding diaryl/α,β-unsaturated/α-hetero) is 2. The molecule has 0 bridgehead atoms. The third kappa shape index (κ3) is 4.75. The fraction of sp³-hybridized carbons (Fsp3) is 0.355. The molecule has 3 aromatic carbocycles. The number of carbonyl (C=O) groups is 2. The van der Waals surface area contributed by atoms with Crippen molar-refractivity contribution in [1.29, 1.82) is 0 Å². The zero-order chi connectivity index (χ0) is 24.2. The van der Waals surface area contributed by atoms with Crippen LogP contribution in [0.25, 0.3) is 10.8 Å². The summed E-state index contributed by atoms with van der Waals surface area (Å²) in [6, 6.07) is 22.2. The Morgan fingerprint density at radius 1 is 0.657 bits per heavy atom. The standard InChI is InChI=1S/C31H34N2O2/c1-2-3-4-5-6-11-19-32-22-33(20-18-23-16-17-24-12-7-8-13-25(24)21-23)29-28(32)30(34)26-14-9-10-15-27(26)31(29)35/h7-10,12-17,21H,2-6,11,18-20,22H2,1H3. The largest absolute Gasteiger partial charge is 0.349 e. The van der Waals surface area contributed by atoms with Crippen molar-refractivity contribution in [2.45, 2.75) is 51.9 Å². The molecule has 0 saturated carbocycles. The molecular weight excluding hydrogens is 432 g/mol. The number of benzene rings is 3. The summed E-state index contributed by atoms with van der Waals surface area (Å²) >= 11 is 0. The normalized spacial score (nSPS) is 15.2. The lowest BCUT2D eigenvalue weighted by atomic mass is 9.90. The molecule has 0 unspecified atom stereocenters. The Morgan fingerprint density at radius 2 is 1.26 bits per heavy atom. The lowest BCUT2D eigenvalue weighted by Crippen LogP contribution is -2.31. The van der Waals surface area contributed by atoms with Crippen LogP contribution in [0.3, 0.4) is 0 Å². The molecule has 0 amide bonds. The van der Waals surface area contributed by atoms with Crippen molar-refractivity contribution in [2.24, 2.45) is 0 Å². The number of fused-ring (bicyclic) bond motifs is 2. The number of hydrogen-bond acceptors (Lipinski definition) is 4. The van der Waals surface area contributed by atoms with Crippen LogP contribution in [0.4, 0.5) is 0 Å². The summed E-state index contributed by atoms with van der Waals surface area (Å²) in [5, 5.41) is 2.46. The summed E-state index contributed by atoms with van der Waals surface area (Å²) in [4.78, 5) is 31.4. The van der Waals surface area contributed by atoms with Gasteiger partial charge in [0.1, 0.15) is 11.4 Å². The van der Waals surface area contributed by atoms with Gasteiger partial charge in [-0.15, -0.1) is 0 Å². The zero-order valence-electron chi connectivity index (χ0n) is 20.6. The second kappa shape index (κ2) is 10.5. The first kappa shape index (κ1) is 23.3. The van der Waals surface area contributed by atoms with Crippen molar-refractivity contribution >= 4 is 22.3 Å². The van der Waals surface area contributed by atoms with E-state index >= 15 is 0 Å². The SMILES string of the molecule is CCCCCCCCN1CN(CCc2ccc3ccccc3c2)C2=C1C(=O)c1ccccc1C2=O. The van der Waals surface area contributed by atoms with E-state index in [0.717, 1.165) is 25.8 Å². The Labute approximate surface area is 208 Å². The van der Waals surface area contributed by atoms with Gasteiger partial charge in [-0.05, 0) is 29.2 Å². The molecule has 0 atom stereocenters. The summed E-state index contributed by atoms with van der Waals surface area (Å²) in [6.07, 6.45) is 8.06. The van der Waals surface area contributed by atoms with Crippen LogP contribution in [0.15, 0.2) is 78.1 Å². The van der Waals surface area contributed by atoms with E-state index in [1.807, 2.05) is 12.1 Å². The van der Waals surface area contributed by atoms with Crippen molar-refractivity contribution in [2.75, 3.05) is 19.8 Å². The van der Waals surface area contributed by atoms with E-state index < -0.39 is 0 Å². The van der Waals surface area contributed by atoms with Gasteiger partial charge in [0.2, 0.25) is 11.6 Å². The van der Waals surface area contributed by atoms with Crippen LogP contribution in [0.1, 0.15) is 71.7 Å². The highest BCUT2D eigenvalue weighted by Gasteiger charge is 2.42.